The van der Waals surface area contributed by atoms with E-state index in [4.69, 9.17) is 28.3 Å². The summed E-state index contributed by atoms with van der Waals surface area (Å²) in [4.78, 5) is 21.9. The molecule has 0 spiro atoms. The summed E-state index contributed by atoms with van der Waals surface area (Å²) < 4.78 is 0. The summed E-state index contributed by atoms with van der Waals surface area (Å²) >= 11 is 11.7. The number of carbonyl (C=O) groups excluding carboxylic acids is 1. The number of amides is 1. The van der Waals surface area contributed by atoms with Gasteiger partial charge in [-0.3, -0.25) is 4.79 Å². The first-order valence-corrected chi connectivity index (χ1v) is 5.79. The first-order valence-electron chi connectivity index (χ1n) is 5.03. The van der Waals surface area contributed by atoms with E-state index in [1.54, 1.807) is 18.2 Å². The summed E-state index contributed by atoms with van der Waals surface area (Å²) in [5.74, 6) is -1.62. The number of nitrogens with one attached hydrogen (secondary N) is 1. The number of hydrogen-bond acceptors (Lipinski definition) is 2. The maximum atomic E-state index is 11.4. The Morgan fingerprint density at radius 3 is 2.61 bits per heavy atom. The van der Waals surface area contributed by atoms with Crippen molar-refractivity contribution in [1.82, 2.24) is 5.32 Å². The van der Waals surface area contributed by atoms with Gasteiger partial charge in [0.05, 0.1) is 0 Å². The molecule has 0 atom stereocenters. The summed E-state index contributed by atoms with van der Waals surface area (Å²) in [5, 5.41) is 12.1. The number of hydrogen-bond donors (Lipinski definition) is 2. The summed E-state index contributed by atoms with van der Waals surface area (Å²) in [7, 11) is 0. The lowest BCUT2D eigenvalue weighted by Gasteiger charge is -2.05. The number of halogens is 2. The van der Waals surface area contributed by atoms with Crippen molar-refractivity contribution < 1.29 is 14.7 Å². The molecule has 0 unspecified atom stereocenters. The van der Waals surface area contributed by atoms with Crippen molar-refractivity contribution in [2.24, 2.45) is 0 Å². The third-order valence-electron chi connectivity index (χ3n) is 2.15. The molecule has 0 radical (unpaired) electrons. The average molecular weight is 288 g/mol. The van der Waals surface area contributed by atoms with E-state index in [0.717, 1.165) is 6.08 Å². The number of carbonyl (C=O) groups is 2. The van der Waals surface area contributed by atoms with Crippen molar-refractivity contribution in [2.45, 2.75) is 13.5 Å². The molecule has 0 aliphatic heterocycles. The fraction of sp³-hybridized carbons (Fsp3) is 0.167. The number of carboxylic acid groups (broad SMARTS) is 1. The van der Waals surface area contributed by atoms with E-state index < -0.39 is 11.9 Å². The van der Waals surface area contributed by atoms with Crippen LogP contribution in [0.5, 0.6) is 0 Å². The molecule has 0 aliphatic rings. The Labute approximate surface area is 114 Å². The number of carboxylic acids is 1. The highest BCUT2D eigenvalue weighted by Gasteiger charge is 2.05. The van der Waals surface area contributed by atoms with Crippen molar-refractivity contribution in [1.29, 1.82) is 0 Å². The number of benzene rings is 1. The normalized spacial score (nSPS) is 11.2. The molecular weight excluding hydrogens is 277 g/mol. The van der Waals surface area contributed by atoms with Gasteiger partial charge in [-0.2, -0.15) is 0 Å². The largest absolute Gasteiger partial charge is 0.478 e. The molecule has 0 aliphatic carbocycles. The zero-order valence-corrected chi connectivity index (χ0v) is 11.0. The van der Waals surface area contributed by atoms with Crippen LogP contribution in [-0.2, 0) is 16.1 Å². The van der Waals surface area contributed by atoms with Crippen molar-refractivity contribution in [3.8, 4) is 0 Å². The molecule has 96 valence electrons. The van der Waals surface area contributed by atoms with E-state index in [-0.39, 0.29) is 12.1 Å². The second-order valence-electron chi connectivity index (χ2n) is 3.59. The quantitative estimate of drug-likeness (QED) is 0.837. The molecule has 0 saturated heterocycles. The van der Waals surface area contributed by atoms with Crippen LogP contribution in [0.1, 0.15) is 12.5 Å². The predicted octanol–water partition coefficient (Wildman–Crippen LogP) is 2.64. The van der Waals surface area contributed by atoms with Crippen molar-refractivity contribution in [3.63, 3.8) is 0 Å². The minimum atomic E-state index is -1.13. The predicted molar refractivity (Wildman–Crippen MR) is 69.7 cm³/mol. The van der Waals surface area contributed by atoms with Crippen LogP contribution in [-0.4, -0.2) is 17.0 Å². The van der Waals surface area contributed by atoms with E-state index >= 15 is 0 Å². The fourth-order valence-electron chi connectivity index (χ4n) is 1.16. The van der Waals surface area contributed by atoms with E-state index in [1.165, 1.54) is 6.92 Å². The molecule has 0 heterocycles. The minimum Gasteiger partial charge on any atom is -0.478 e. The SMILES string of the molecule is CC(=CC(=O)NCc1ccc(Cl)cc1Cl)C(=O)O. The Kier molecular flexibility index (Phi) is 5.19. The molecule has 2 N–H and O–H groups in total. The van der Waals surface area contributed by atoms with Crippen LogP contribution in [0.15, 0.2) is 29.8 Å². The van der Waals surface area contributed by atoms with E-state index in [9.17, 15) is 9.59 Å². The van der Waals surface area contributed by atoms with Gasteiger partial charge in [0.2, 0.25) is 5.91 Å². The standard InChI is InChI=1S/C12H11Cl2NO3/c1-7(12(17)18)4-11(16)15-6-8-2-3-9(13)5-10(8)14/h2-5H,6H2,1H3,(H,15,16)(H,17,18). The van der Waals surface area contributed by atoms with Gasteiger partial charge in [-0.05, 0) is 24.6 Å². The molecule has 1 aromatic rings. The van der Waals surface area contributed by atoms with Gasteiger partial charge in [0.25, 0.3) is 0 Å². The number of rotatable bonds is 4. The van der Waals surface area contributed by atoms with Crippen LogP contribution < -0.4 is 5.32 Å². The zero-order chi connectivity index (χ0) is 13.7. The third kappa shape index (κ3) is 4.39. The highest BCUT2D eigenvalue weighted by Crippen LogP contribution is 2.20. The monoisotopic (exact) mass is 287 g/mol. The smallest absolute Gasteiger partial charge is 0.331 e. The van der Waals surface area contributed by atoms with Gasteiger partial charge < -0.3 is 10.4 Å². The highest BCUT2D eigenvalue weighted by molar-refractivity contribution is 6.35. The molecule has 1 rings (SSSR count). The van der Waals surface area contributed by atoms with Gasteiger partial charge in [0.15, 0.2) is 0 Å². The van der Waals surface area contributed by atoms with Gasteiger partial charge in [-0.25, -0.2) is 4.79 Å². The Bertz CT molecular complexity index is 512. The van der Waals surface area contributed by atoms with Crippen LogP contribution >= 0.6 is 23.2 Å². The second kappa shape index (κ2) is 6.42. The van der Waals surface area contributed by atoms with Crippen molar-refractivity contribution >= 4 is 35.1 Å². The Hall–Kier alpha value is -1.52. The first kappa shape index (κ1) is 14.5. The van der Waals surface area contributed by atoms with Crippen LogP contribution in [0.3, 0.4) is 0 Å². The van der Waals surface area contributed by atoms with E-state index in [2.05, 4.69) is 5.32 Å². The summed E-state index contributed by atoms with van der Waals surface area (Å²) in [5.41, 5.74) is 0.672. The van der Waals surface area contributed by atoms with Gasteiger partial charge >= 0.3 is 5.97 Å². The maximum Gasteiger partial charge on any atom is 0.331 e. The van der Waals surface area contributed by atoms with Gasteiger partial charge in [-0.15, -0.1) is 0 Å². The zero-order valence-electron chi connectivity index (χ0n) is 9.54. The minimum absolute atomic E-state index is 0.0327. The Morgan fingerprint density at radius 1 is 1.39 bits per heavy atom. The molecule has 18 heavy (non-hydrogen) atoms. The Morgan fingerprint density at radius 2 is 2.06 bits per heavy atom. The number of aliphatic carboxylic acids is 1. The lowest BCUT2D eigenvalue weighted by molar-refractivity contribution is -0.133. The molecule has 1 aromatic carbocycles. The molecule has 4 nitrogen and oxygen atoms in total. The molecule has 0 aromatic heterocycles. The summed E-state index contributed by atoms with van der Waals surface area (Å²) in [6, 6.07) is 4.93. The van der Waals surface area contributed by atoms with Gasteiger partial charge in [0.1, 0.15) is 0 Å². The molecular formula is C12H11Cl2NO3. The summed E-state index contributed by atoms with van der Waals surface area (Å²) in [6.45, 7) is 1.55. The van der Waals surface area contributed by atoms with Crippen LogP contribution in [0.25, 0.3) is 0 Å². The lowest BCUT2D eigenvalue weighted by atomic mass is 10.2. The van der Waals surface area contributed by atoms with Crippen LogP contribution in [0.2, 0.25) is 10.0 Å². The van der Waals surface area contributed by atoms with E-state index in [1.807, 2.05) is 0 Å². The van der Waals surface area contributed by atoms with Crippen molar-refractivity contribution in [2.75, 3.05) is 0 Å². The summed E-state index contributed by atoms with van der Waals surface area (Å²) in [6.07, 6.45) is 1.02. The second-order valence-corrected chi connectivity index (χ2v) is 4.43. The molecule has 0 fully saturated rings. The molecule has 1 amide bonds. The molecule has 6 heteroatoms. The average Bonchev–Trinajstić information content (AvgIpc) is 2.27. The topological polar surface area (TPSA) is 66.4 Å². The molecule has 0 saturated carbocycles. The maximum absolute atomic E-state index is 11.4. The van der Waals surface area contributed by atoms with Gasteiger partial charge in [0, 0.05) is 28.2 Å². The van der Waals surface area contributed by atoms with Crippen LogP contribution in [0.4, 0.5) is 0 Å². The third-order valence-corrected chi connectivity index (χ3v) is 2.74. The fourth-order valence-corrected chi connectivity index (χ4v) is 1.63. The van der Waals surface area contributed by atoms with Gasteiger partial charge in [-0.1, -0.05) is 29.3 Å². The Balaban J connectivity index is 2.63. The highest BCUT2D eigenvalue weighted by atomic mass is 35.5. The van der Waals surface area contributed by atoms with Crippen molar-refractivity contribution in [3.05, 3.63) is 45.5 Å². The first-order chi connectivity index (χ1) is 8.40. The van der Waals surface area contributed by atoms with E-state index in [0.29, 0.717) is 15.6 Å². The lowest BCUT2D eigenvalue weighted by Crippen LogP contribution is -2.21. The van der Waals surface area contributed by atoms with Crippen LogP contribution in [0, 0.1) is 0 Å². The molecule has 0 bridgehead atoms.